The van der Waals surface area contributed by atoms with Gasteiger partial charge < -0.3 is 24.4 Å². The van der Waals surface area contributed by atoms with E-state index >= 15 is 0 Å². The van der Waals surface area contributed by atoms with E-state index in [1.54, 1.807) is 21.3 Å². The van der Waals surface area contributed by atoms with Crippen molar-refractivity contribution in [1.29, 1.82) is 0 Å². The van der Waals surface area contributed by atoms with E-state index in [2.05, 4.69) is 15.2 Å². The number of hydrogen-bond acceptors (Lipinski definition) is 6. The van der Waals surface area contributed by atoms with Crippen molar-refractivity contribution in [3.05, 3.63) is 23.8 Å². The Kier molecular flexibility index (Phi) is 9.19. The van der Waals surface area contributed by atoms with Crippen molar-refractivity contribution in [2.75, 3.05) is 59.8 Å². The van der Waals surface area contributed by atoms with E-state index < -0.39 is 10.0 Å². The van der Waals surface area contributed by atoms with Gasteiger partial charge in [-0.15, -0.1) is 0 Å². The molecule has 170 valence electrons. The van der Waals surface area contributed by atoms with Gasteiger partial charge in [-0.1, -0.05) is 0 Å². The molecular weight excluding hydrogens is 408 g/mol. The highest BCUT2D eigenvalue weighted by Gasteiger charge is 2.28. The molecule has 1 aromatic carbocycles. The lowest BCUT2D eigenvalue weighted by Crippen LogP contribution is -2.54. The number of ether oxygens (including phenoxy) is 3. The van der Waals surface area contributed by atoms with Crippen LogP contribution < -0.4 is 14.8 Å². The molecule has 1 aliphatic rings. The topological polar surface area (TPSA) is 92.7 Å². The summed E-state index contributed by atoms with van der Waals surface area (Å²) in [6, 6.07) is 5.67. The fourth-order valence-electron chi connectivity index (χ4n) is 3.20. The number of benzene rings is 1. The lowest BCUT2D eigenvalue weighted by atomic mass is 10.2. The van der Waals surface area contributed by atoms with Gasteiger partial charge in [0.1, 0.15) is 11.5 Å². The zero-order valence-corrected chi connectivity index (χ0v) is 19.4. The first kappa shape index (κ1) is 24.2. The third kappa shape index (κ3) is 6.75. The Hall–Kier alpha value is -2.04. The number of nitrogens with zero attached hydrogens (tertiary/aromatic N) is 3. The van der Waals surface area contributed by atoms with Gasteiger partial charge in [-0.05, 0) is 26.0 Å². The number of rotatable bonds is 9. The van der Waals surface area contributed by atoms with Gasteiger partial charge >= 0.3 is 0 Å². The number of hydrogen-bond donors (Lipinski definition) is 1. The molecule has 0 saturated carbocycles. The van der Waals surface area contributed by atoms with Gasteiger partial charge in [0.05, 0.1) is 32.7 Å². The first-order valence-corrected chi connectivity index (χ1v) is 11.7. The molecule has 0 unspecified atom stereocenters. The predicted molar refractivity (Wildman–Crippen MR) is 118 cm³/mol. The maximum atomic E-state index is 12.5. The highest BCUT2D eigenvalue weighted by Crippen LogP contribution is 2.24. The molecule has 0 aromatic heterocycles. The van der Waals surface area contributed by atoms with Crippen molar-refractivity contribution < 1.29 is 22.6 Å². The van der Waals surface area contributed by atoms with Crippen molar-refractivity contribution in [2.24, 2.45) is 4.99 Å². The highest BCUT2D eigenvalue weighted by molar-refractivity contribution is 7.89. The molecular formula is C20H34N4O5S. The molecule has 1 saturated heterocycles. The van der Waals surface area contributed by atoms with Crippen LogP contribution >= 0.6 is 0 Å². The van der Waals surface area contributed by atoms with Crippen LogP contribution in [-0.2, 0) is 21.3 Å². The molecule has 1 aliphatic heterocycles. The van der Waals surface area contributed by atoms with Crippen LogP contribution in [0.5, 0.6) is 11.5 Å². The number of sulfonamides is 1. The highest BCUT2D eigenvalue weighted by atomic mass is 32.2. The number of nitrogens with one attached hydrogen (secondary N) is 1. The number of piperazine rings is 1. The Morgan fingerprint density at radius 2 is 1.87 bits per heavy atom. The van der Waals surface area contributed by atoms with E-state index in [4.69, 9.17) is 14.2 Å². The molecule has 0 aliphatic carbocycles. The average Bonchev–Trinajstić information content (AvgIpc) is 2.74. The van der Waals surface area contributed by atoms with Crippen LogP contribution in [0.1, 0.15) is 19.4 Å². The summed E-state index contributed by atoms with van der Waals surface area (Å²) in [5, 5.41) is 3.34. The predicted octanol–water partition coefficient (Wildman–Crippen LogP) is 1.15. The molecule has 0 bridgehead atoms. The molecule has 1 fully saturated rings. The molecule has 0 atom stereocenters. The summed E-state index contributed by atoms with van der Waals surface area (Å²) in [6.45, 7) is 6.54. The van der Waals surface area contributed by atoms with Crippen LogP contribution in [0.3, 0.4) is 0 Å². The van der Waals surface area contributed by atoms with Crippen LogP contribution in [0.2, 0.25) is 0 Å². The first-order chi connectivity index (χ1) is 14.3. The van der Waals surface area contributed by atoms with E-state index in [-0.39, 0.29) is 18.5 Å². The zero-order valence-electron chi connectivity index (χ0n) is 18.6. The molecule has 2 rings (SSSR count). The Labute approximate surface area is 180 Å². The fourth-order valence-corrected chi connectivity index (χ4v) is 4.49. The van der Waals surface area contributed by atoms with Crippen molar-refractivity contribution in [2.45, 2.75) is 26.5 Å². The lowest BCUT2D eigenvalue weighted by Gasteiger charge is -2.36. The first-order valence-electron chi connectivity index (χ1n) is 10.1. The van der Waals surface area contributed by atoms with Crippen LogP contribution in [0.25, 0.3) is 0 Å². The second-order valence-electron chi connectivity index (χ2n) is 7.20. The van der Waals surface area contributed by atoms with Crippen molar-refractivity contribution in [3.63, 3.8) is 0 Å². The van der Waals surface area contributed by atoms with E-state index in [0.717, 1.165) is 23.0 Å². The number of guanidine groups is 1. The quantitative estimate of drug-likeness (QED) is 0.453. The minimum Gasteiger partial charge on any atom is -0.497 e. The maximum absolute atomic E-state index is 12.5. The second kappa shape index (κ2) is 11.4. The van der Waals surface area contributed by atoms with E-state index in [9.17, 15) is 8.42 Å². The fraction of sp³-hybridized carbons (Fsp3) is 0.650. The van der Waals surface area contributed by atoms with Gasteiger partial charge in [0.25, 0.3) is 0 Å². The Morgan fingerprint density at radius 1 is 1.17 bits per heavy atom. The van der Waals surface area contributed by atoms with E-state index in [1.807, 2.05) is 32.0 Å². The molecule has 0 radical (unpaired) electrons. The van der Waals surface area contributed by atoms with Gasteiger partial charge in [0.2, 0.25) is 10.0 Å². The van der Waals surface area contributed by atoms with Crippen molar-refractivity contribution in [3.8, 4) is 11.5 Å². The number of aliphatic imine (C=N–C) groups is 1. The zero-order chi connectivity index (χ0) is 22.1. The van der Waals surface area contributed by atoms with E-state index in [0.29, 0.717) is 32.7 Å². The SMILES string of the molecule is CN=C(NCc1ccc(OC)cc1OC)N1CCN(S(=O)(=O)CCOC(C)C)CC1. The second-order valence-corrected chi connectivity index (χ2v) is 9.29. The van der Waals surface area contributed by atoms with Gasteiger partial charge in [0.15, 0.2) is 5.96 Å². The van der Waals surface area contributed by atoms with E-state index in [1.165, 1.54) is 4.31 Å². The molecule has 9 nitrogen and oxygen atoms in total. The summed E-state index contributed by atoms with van der Waals surface area (Å²) in [5.41, 5.74) is 0.978. The Balaban J connectivity index is 1.90. The maximum Gasteiger partial charge on any atom is 0.216 e. The summed E-state index contributed by atoms with van der Waals surface area (Å²) < 4.78 is 42.6. The van der Waals surface area contributed by atoms with Crippen LogP contribution in [-0.4, -0.2) is 89.5 Å². The lowest BCUT2D eigenvalue weighted by molar-refractivity contribution is 0.0904. The standard InChI is InChI=1S/C20H34N4O5S/c1-16(2)29-12-13-30(25,26)24-10-8-23(9-11-24)20(21-3)22-15-17-6-7-18(27-4)14-19(17)28-5/h6-7,14,16H,8-13,15H2,1-5H3,(H,21,22). The van der Waals surface area contributed by atoms with Crippen LogP contribution in [0.4, 0.5) is 0 Å². The molecule has 1 aromatic rings. The minimum atomic E-state index is -3.31. The normalized spacial score (nSPS) is 16.1. The van der Waals surface area contributed by atoms with Gasteiger partial charge in [-0.2, -0.15) is 4.31 Å². The average molecular weight is 443 g/mol. The Bertz CT molecular complexity index is 805. The molecule has 1 N–H and O–H groups in total. The third-order valence-corrected chi connectivity index (χ3v) is 6.70. The van der Waals surface area contributed by atoms with Crippen LogP contribution in [0.15, 0.2) is 23.2 Å². The summed E-state index contributed by atoms with van der Waals surface area (Å²) in [4.78, 5) is 6.41. The molecule has 0 amide bonds. The minimum absolute atomic E-state index is 0.00934. The molecule has 0 spiro atoms. The summed E-state index contributed by atoms with van der Waals surface area (Å²) in [7, 11) is 1.65. The molecule has 10 heteroatoms. The van der Waals surface area contributed by atoms with Gasteiger partial charge in [0, 0.05) is 51.4 Å². The monoisotopic (exact) mass is 442 g/mol. The largest absolute Gasteiger partial charge is 0.497 e. The summed E-state index contributed by atoms with van der Waals surface area (Å²) >= 11 is 0. The van der Waals surface area contributed by atoms with Gasteiger partial charge in [-0.3, -0.25) is 4.99 Å². The molecule has 30 heavy (non-hydrogen) atoms. The van der Waals surface area contributed by atoms with Crippen molar-refractivity contribution in [1.82, 2.24) is 14.5 Å². The smallest absolute Gasteiger partial charge is 0.216 e. The molecule has 1 heterocycles. The third-order valence-electron chi connectivity index (χ3n) is 4.87. The van der Waals surface area contributed by atoms with Crippen LogP contribution in [0, 0.1) is 0 Å². The Morgan fingerprint density at radius 3 is 2.43 bits per heavy atom. The van der Waals surface area contributed by atoms with Crippen molar-refractivity contribution >= 4 is 16.0 Å². The summed E-state index contributed by atoms with van der Waals surface area (Å²) in [6.07, 6.45) is 0.0239. The number of methoxy groups -OCH3 is 2. The summed E-state index contributed by atoms with van der Waals surface area (Å²) in [5.74, 6) is 2.20. The van der Waals surface area contributed by atoms with Gasteiger partial charge in [-0.25, -0.2) is 8.42 Å².